The number of nitrogens with one attached hydrogen (secondary N) is 1. The van der Waals surface area contributed by atoms with Gasteiger partial charge in [-0.2, -0.15) is 0 Å². The Hall–Kier alpha value is -2.66. The van der Waals surface area contributed by atoms with Crippen LogP contribution in [-0.4, -0.2) is 38.5 Å². The lowest BCUT2D eigenvalue weighted by molar-refractivity contribution is 0.0558. The van der Waals surface area contributed by atoms with Crippen molar-refractivity contribution in [3.63, 3.8) is 0 Å². The van der Waals surface area contributed by atoms with Gasteiger partial charge in [0.15, 0.2) is 0 Å². The van der Waals surface area contributed by atoms with Gasteiger partial charge in [-0.1, -0.05) is 24.6 Å². The van der Waals surface area contributed by atoms with Crippen LogP contribution in [-0.2, 0) is 6.54 Å². The Morgan fingerprint density at radius 1 is 1.31 bits per heavy atom. The van der Waals surface area contributed by atoms with E-state index in [0.717, 1.165) is 27.6 Å². The Morgan fingerprint density at radius 2 is 2.12 bits per heavy atom. The van der Waals surface area contributed by atoms with Crippen molar-refractivity contribution in [1.82, 2.24) is 14.9 Å². The largest absolute Gasteiger partial charge is 0.394 e. The van der Waals surface area contributed by atoms with E-state index in [1.165, 1.54) is 0 Å². The summed E-state index contributed by atoms with van der Waals surface area (Å²) in [6, 6.07) is 9.68. The number of nitrogens with zero attached hydrogens (tertiary/aromatic N) is 2. The zero-order valence-corrected chi connectivity index (χ0v) is 15.5. The van der Waals surface area contributed by atoms with Crippen LogP contribution in [0.25, 0.3) is 10.9 Å². The third-order valence-electron chi connectivity index (χ3n) is 4.89. The standard InChI is InChI=1S/C21H25N3O2/c1-4-17(13-25)24(12-16-6-5-9-22-11-16)21(26)20-15(3)18-10-14(2)7-8-19(18)23-20/h5-11,17,23,25H,4,12-13H2,1-3H3. The van der Waals surface area contributed by atoms with Crippen molar-refractivity contribution in [1.29, 1.82) is 0 Å². The number of H-pyrrole nitrogens is 1. The number of amides is 1. The van der Waals surface area contributed by atoms with E-state index >= 15 is 0 Å². The van der Waals surface area contributed by atoms with E-state index in [-0.39, 0.29) is 18.6 Å². The lowest BCUT2D eigenvalue weighted by atomic mass is 10.1. The van der Waals surface area contributed by atoms with Crippen LogP contribution in [0.2, 0.25) is 0 Å². The molecule has 0 bridgehead atoms. The highest BCUT2D eigenvalue weighted by atomic mass is 16.3. The molecule has 3 aromatic rings. The van der Waals surface area contributed by atoms with Gasteiger partial charge < -0.3 is 15.0 Å². The molecule has 0 spiro atoms. The smallest absolute Gasteiger partial charge is 0.271 e. The lowest BCUT2D eigenvalue weighted by Crippen LogP contribution is -2.42. The number of pyridine rings is 1. The number of aryl methyl sites for hydroxylation is 2. The highest BCUT2D eigenvalue weighted by Gasteiger charge is 2.26. The molecule has 1 amide bonds. The molecule has 0 aliphatic rings. The minimum Gasteiger partial charge on any atom is -0.394 e. The SMILES string of the molecule is CCC(CO)N(Cc1cccnc1)C(=O)c1[nH]c2ccc(C)cc2c1C. The second kappa shape index (κ2) is 7.70. The van der Waals surface area contributed by atoms with Gasteiger partial charge >= 0.3 is 0 Å². The molecule has 136 valence electrons. The van der Waals surface area contributed by atoms with E-state index in [0.29, 0.717) is 18.7 Å². The van der Waals surface area contributed by atoms with Crippen LogP contribution < -0.4 is 0 Å². The highest BCUT2D eigenvalue weighted by molar-refractivity contribution is 6.01. The van der Waals surface area contributed by atoms with Gasteiger partial charge in [-0.05, 0) is 49.6 Å². The molecule has 2 N–H and O–H groups in total. The Kier molecular flexibility index (Phi) is 5.38. The molecule has 0 aliphatic heterocycles. The first kappa shape index (κ1) is 18.1. The van der Waals surface area contributed by atoms with Gasteiger partial charge in [-0.15, -0.1) is 0 Å². The minimum absolute atomic E-state index is 0.0686. The minimum atomic E-state index is -0.241. The van der Waals surface area contributed by atoms with Crippen molar-refractivity contribution < 1.29 is 9.90 Å². The number of carbonyl (C=O) groups excluding carboxylic acids is 1. The molecule has 1 unspecified atom stereocenters. The number of hydrogen-bond acceptors (Lipinski definition) is 3. The molecule has 5 nitrogen and oxygen atoms in total. The van der Waals surface area contributed by atoms with Crippen LogP contribution in [0.15, 0.2) is 42.7 Å². The summed E-state index contributed by atoms with van der Waals surface area (Å²) >= 11 is 0. The van der Waals surface area contributed by atoms with Gasteiger partial charge in [-0.3, -0.25) is 9.78 Å². The number of aromatic nitrogens is 2. The molecule has 3 rings (SSSR count). The number of hydrogen-bond donors (Lipinski definition) is 2. The van der Waals surface area contributed by atoms with E-state index in [4.69, 9.17) is 0 Å². The molecule has 5 heteroatoms. The first-order chi connectivity index (χ1) is 12.5. The summed E-state index contributed by atoms with van der Waals surface area (Å²) in [4.78, 5) is 22.5. The summed E-state index contributed by atoms with van der Waals surface area (Å²) in [6.07, 6.45) is 4.15. The number of aliphatic hydroxyl groups excluding tert-OH is 1. The van der Waals surface area contributed by atoms with Crippen molar-refractivity contribution in [2.24, 2.45) is 0 Å². The first-order valence-electron chi connectivity index (χ1n) is 8.94. The van der Waals surface area contributed by atoms with E-state index < -0.39 is 0 Å². The molecule has 0 fully saturated rings. The van der Waals surface area contributed by atoms with E-state index in [1.807, 2.05) is 45.0 Å². The predicted octanol–water partition coefficient (Wildman–Crippen LogP) is 3.59. The van der Waals surface area contributed by atoms with E-state index in [1.54, 1.807) is 17.3 Å². The number of aliphatic hydroxyl groups is 1. The molecule has 1 atom stereocenters. The maximum atomic E-state index is 13.3. The molecular weight excluding hydrogens is 326 g/mol. The van der Waals surface area contributed by atoms with Crippen LogP contribution in [0.1, 0.15) is 40.5 Å². The Balaban J connectivity index is 2.00. The number of rotatable bonds is 6. The summed E-state index contributed by atoms with van der Waals surface area (Å²) < 4.78 is 0. The summed E-state index contributed by atoms with van der Waals surface area (Å²) in [5.41, 5.74) is 4.58. The van der Waals surface area contributed by atoms with Crippen molar-refractivity contribution in [2.75, 3.05) is 6.61 Å². The third kappa shape index (κ3) is 3.48. The van der Waals surface area contributed by atoms with Crippen LogP contribution in [0.4, 0.5) is 0 Å². The first-order valence-corrected chi connectivity index (χ1v) is 8.94. The third-order valence-corrected chi connectivity index (χ3v) is 4.89. The average Bonchev–Trinajstić information content (AvgIpc) is 2.98. The van der Waals surface area contributed by atoms with Crippen molar-refractivity contribution >= 4 is 16.8 Å². The van der Waals surface area contributed by atoms with E-state index in [9.17, 15) is 9.90 Å². The second-order valence-electron chi connectivity index (χ2n) is 6.71. The van der Waals surface area contributed by atoms with Crippen molar-refractivity contribution in [3.05, 3.63) is 65.1 Å². The highest BCUT2D eigenvalue weighted by Crippen LogP contribution is 2.25. The van der Waals surface area contributed by atoms with Crippen molar-refractivity contribution in [3.8, 4) is 0 Å². The molecular formula is C21H25N3O2. The maximum Gasteiger partial charge on any atom is 0.271 e. The van der Waals surface area contributed by atoms with Gasteiger partial charge in [0.2, 0.25) is 0 Å². The summed E-state index contributed by atoms with van der Waals surface area (Å²) in [5, 5.41) is 10.9. The zero-order valence-electron chi connectivity index (χ0n) is 15.5. The monoisotopic (exact) mass is 351 g/mol. The summed E-state index contributed by atoms with van der Waals surface area (Å²) in [5.74, 6) is -0.0962. The molecule has 26 heavy (non-hydrogen) atoms. The fourth-order valence-electron chi connectivity index (χ4n) is 3.30. The van der Waals surface area contributed by atoms with Crippen LogP contribution >= 0.6 is 0 Å². The molecule has 0 radical (unpaired) electrons. The lowest BCUT2D eigenvalue weighted by Gasteiger charge is -2.30. The van der Waals surface area contributed by atoms with Crippen LogP contribution in [0.3, 0.4) is 0 Å². The van der Waals surface area contributed by atoms with Crippen LogP contribution in [0.5, 0.6) is 0 Å². The molecule has 1 aromatic carbocycles. The maximum absolute atomic E-state index is 13.3. The Bertz CT molecular complexity index is 898. The Morgan fingerprint density at radius 3 is 2.77 bits per heavy atom. The molecule has 0 saturated heterocycles. The van der Waals surface area contributed by atoms with Gasteiger partial charge in [0, 0.05) is 29.8 Å². The summed E-state index contributed by atoms with van der Waals surface area (Å²) in [6.45, 7) is 6.33. The molecule has 2 heterocycles. The second-order valence-corrected chi connectivity index (χ2v) is 6.71. The molecule has 0 saturated carbocycles. The van der Waals surface area contributed by atoms with Gasteiger partial charge in [0.05, 0.1) is 12.6 Å². The normalized spacial score (nSPS) is 12.3. The van der Waals surface area contributed by atoms with Gasteiger partial charge in [0.25, 0.3) is 5.91 Å². The topological polar surface area (TPSA) is 69.2 Å². The zero-order chi connectivity index (χ0) is 18.7. The fraction of sp³-hybridized carbons (Fsp3) is 0.333. The van der Waals surface area contributed by atoms with Crippen molar-refractivity contribution in [2.45, 2.75) is 39.8 Å². The Labute approximate surface area is 153 Å². The quantitative estimate of drug-likeness (QED) is 0.713. The summed E-state index contributed by atoms with van der Waals surface area (Å²) in [7, 11) is 0. The van der Waals surface area contributed by atoms with Gasteiger partial charge in [-0.25, -0.2) is 0 Å². The number of carbonyl (C=O) groups is 1. The molecule has 0 aliphatic carbocycles. The van der Waals surface area contributed by atoms with Gasteiger partial charge in [0.1, 0.15) is 5.69 Å². The predicted molar refractivity (Wildman–Crippen MR) is 103 cm³/mol. The number of benzene rings is 1. The fourth-order valence-corrected chi connectivity index (χ4v) is 3.30. The van der Waals surface area contributed by atoms with E-state index in [2.05, 4.69) is 16.0 Å². The number of aromatic amines is 1. The number of fused-ring (bicyclic) bond motifs is 1. The average molecular weight is 351 g/mol. The molecule has 2 aromatic heterocycles. The van der Waals surface area contributed by atoms with Crippen LogP contribution in [0, 0.1) is 13.8 Å².